The summed E-state index contributed by atoms with van der Waals surface area (Å²) in [6, 6.07) is 5.02. The zero-order chi connectivity index (χ0) is 12.2. The molecule has 1 rings (SSSR count). The molecular weight excluding hydrogens is 227 g/mol. The highest BCUT2D eigenvalue weighted by Crippen LogP contribution is 2.32. The van der Waals surface area contributed by atoms with Gasteiger partial charge in [-0.05, 0) is 36.3 Å². The van der Waals surface area contributed by atoms with Crippen molar-refractivity contribution >= 4 is 11.6 Å². The molecule has 0 radical (unpaired) electrons. The van der Waals surface area contributed by atoms with Crippen molar-refractivity contribution in [3.63, 3.8) is 0 Å². The fraction of sp³-hybridized carbons (Fsp3) is 0.538. The molecule has 1 N–H and O–H groups in total. The SMILES string of the molecule is CCC(CC)(CO)Cc1cccc(Cl)c1F. The van der Waals surface area contributed by atoms with E-state index in [0.29, 0.717) is 12.0 Å². The number of hydrogen-bond donors (Lipinski definition) is 1. The van der Waals surface area contributed by atoms with E-state index in [9.17, 15) is 9.50 Å². The highest BCUT2D eigenvalue weighted by atomic mass is 35.5. The summed E-state index contributed by atoms with van der Waals surface area (Å²) >= 11 is 5.73. The third kappa shape index (κ3) is 2.74. The van der Waals surface area contributed by atoms with Gasteiger partial charge in [0, 0.05) is 6.61 Å². The molecule has 0 aliphatic rings. The quantitative estimate of drug-likeness (QED) is 0.835. The van der Waals surface area contributed by atoms with Gasteiger partial charge in [0.15, 0.2) is 0 Å². The van der Waals surface area contributed by atoms with E-state index in [0.717, 1.165) is 12.8 Å². The molecule has 0 saturated heterocycles. The van der Waals surface area contributed by atoms with E-state index in [1.54, 1.807) is 18.2 Å². The average Bonchev–Trinajstić information content (AvgIpc) is 2.32. The van der Waals surface area contributed by atoms with Crippen molar-refractivity contribution in [3.8, 4) is 0 Å². The zero-order valence-corrected chi connectivity index (χ0v) is 10.5. The van der Waals surface area contributed by atoms with Crippen LogP contribution in [-0.2, 0) is 6.42 Å². The van der Waals surface area contributed by atoms with E-state index >= 15 is 0 Å². The van der Waals surface area contributed by atoms with Crippen LogP contribution in [0.25, 0.3) is 0 Å². The van der Waals surface area contributed by atoms with Gasteiger partial charge in [0.1, 0.15) is 5.82 Å². The number of halogens is 2. The predicted molar refractivity (Wildman–Crippen MR) is 65.2 cm³/mol. The fourth-order valence-electron chi connectivity index (χ4n) is 1.87. The molecule has 0 bridgehead atoms. The van der Waals surface area contributed by atoms with Crippen LogP contribution < -0.4 is 0 Å². The summed E-state index contributed by atoms with van der Waals surface area (Å²) in [7, 11) is 0. The Morgan fingerprint density at radius 1 is 1.31 bits per heavy atom. The van der Waals surface area contributed by atoms with Gasteiger partial charge < -0.3 is 5.11 Å². The summed E-state index contributed by atoms with van der Waals surface area (Å²) in [6.07, 6.45) is 2.18. The molecule has 0 aliphatic heterocycles. The van der Waals surface area contributed by atoms with Gasteiger partial charge in [-0.15, -0.1) is 0 Å². The molecule has 16 heavy (non-hydrogen) atoms. The summed E-state index contributed by atoms with van der Waals surface area (Å²) < 4.78 is 13.7. The number of aliphatic hydroxyl groups excluding tert-OH is 1. The molecule has 1 nitrogen and oxygen atoms in total. The largest absolute Gasteiger partial charge is 0.396 e. The van der Waals surface area contributed by atoms with Crippen LogP contribution in [0.1, 0.15) is 32.3 Å². The molecular formula is C13H18ClFO. The number of hydrogen-bond acceptors (Lipinski definition) is 1. The maximum absolute atomic E-state index is 13.7. The first-order valence-electron chi connectivity index (χ1n) is 5.62. The van der Waals surface area contributed by atoms with Gasteiger partial charge in [-0.25, -0.2) is 4.39 Å². The molecule has 0 spiro atoms. The van der Waals surface area contributed by atoms with Gasteiger partial charge in [0.2, 0.25) is 0 Å². The van der Waals surface area contributed by atoms with Crippen molar-refractivity contribution in [1.29, 1.82) is 0 Å². The maximum Gasteiger partial charge on any atom is 0.144 e. The van der Waals surface area contributed by atoms with E-state index in [1.165, 1.54) is 0 Å². The number of benzene rings is 1. The molecule has 0 fully saturated rings. The molecule has 0 aliphatic carbocycles. The lowest BCUT2D eigenvalue weighted by Gasteiger charge is -2.29. The topological polar surface area (TPSA) is 20.2 Å². The Kier molecular flexibility index (Phi) is 4.75. The Bertz CT molecular complexity index is 340. The smallest absolute Gasteiger partial charge is 0.144 e. The van der Waals surface area contributed by atoms with E-state index in [-0.39, 0.29) is 22.9 Å². The van der Waals surface area contributed by atoms with Crippen molar-refractivity contribution in [2.45, 2.75) is 33.1 Å². The first-order chi connectivity index (χ1) is 7.58. The summed E-state index contributed by atoms with van der Waals surface area (Å²) in [5.74, 6) is -0.358. The molecule has 0 unspecified atom stereocenters. The summed E-state index contributed by atoms with van der Waals surface area (Å²) in [5, 5.41) is 9.59. The van der Waals surface area contributed by atoms with Crippen LogP contribution in [0.4, 0.5) is 4.39 Å². The lowest BCUT2D eigenvalue weighted by Crippen LogP contribution is -2.27. The van der Waals surface area contributed by atoms with Gasteiger partial charge in [-0.2, -0.15) is 0 Å². The number of aliphatic hydroxyl groups is 1. The van der Waals surface area contributed by atoms with Gasteiger partial charge in [0.25, 0.3) is 0 Å². The highest BCUT2D eigenvalue weighted by molar-refractivity contribution is 6.30. The predicted octanol–water partition coefficient (Wildman–Crippen LogP) is 3.82. The van der Waals surface area contributed by atoms with Crippen LogP contribution in [0, 0.1) is 11.2 Å². The molecule has 0 atom stereocenters. The van der Waals surface area contributed by atoms with Crippen LogP contribution in [0.3, 0.4) is 0 Å². The summed E-state index contributed by atoms with van der Waals surface area (Å²) in [5.41, 5.74) is 0.358. The molecule has 0 aromatic heterocycles. The minimum atomic E-state index is -0.358. The normalized spacial score (nSPS) is 11.8. The van der Waals surface area contributed by atoms with Crippen molar-refractivity contribution < 1.29 is 9.50 Å². The minimum absolute atomic E-state index is 0.0754. The Morgan fingerprint density at radius 3 is 2.44 bits per heavy atom. The van der Waals surface area contributed by atoms with Crippen LogP contribution in [0.15, 0.2) is 18.2 Å². The third-order valence-corrected chi connectivity index (χ3v) is 3.72. The second kappa shape index (κ2) is 5.65. The molecule has 90 valence electrons. The zero-order valence-electron chi connectivity index (χ0n) is 9.76. The Morgan fingerprint density at radius 2 is 1.94 bits per heavy atom. The highest BCUT2D eigenvalue weighted by Gasteiger charge is 2.27. The average molecular weight is 245 g/mol. The van der Waals surface area contributed by atoms with Crippen molar-refractivity contribution in [1.82, 2.24) is 0 Å². The van der Waals surface area contributed by atoms with Crippen LogP contribution >= 0.6 is 11.6 Å². The van der Waals surface area contributed by atoms with Crippen molar-refractivity contribution in [3.05, 3.63) is 34.6 Å². The Labute approximate surface area is 101 Å². The standard InChI is InChI=1S/C13H18ClFO/c1-3-13(4-2,9-16)8-10-6-5-7-11(14)12(10)15/h5-7,16H,3-4,8-9H2,1-2H3. The fourth-order valence-corrected chi connectivity index (χ4v) is 2.06. The van der Waals surface area contributed by atoms with Gasteiger partial charge >= 0.3 is 0 Å². The van der Waals surface area contributed by atoms with Crippen molar-refractivity contribution in [2.75, 3.05) is 6.61 Å². The van der Waals surface area contributed by atoms with E-state index in [1.807, 2.05) is 13.8 Å². The molecule has 0 heterocycles. The Hall–Kier alpha value is -0.600. The third-order valence-electron chi connectivity index (χ3n) is 3.43. The second-order valence-electron chi connectivity index (χ2n) is 4.25. The summed E-state index contributed by atoms with van der Waals surface area (Å²) in [6.45, 7) is 4.11. The molecule has 3 heteroatoms. The van der Waals surface area contributed by atoms with E-state index in [4.69, 9.17) is 11.6 Å². The van der Waals surface area contributed by atoms with E-state index < -0.39 is 0 Å². The lowest BCUT2D eigenvalue weighted by atomic mass is 9.77. The molecule has 1 aromatic carbocycles. The Balaban J connectivity index is 2.98. The molecule has 1 aromatic rings. The van der Waals surface area contributed by atoms with Crippen LogP contribution in [0.2, 0.25) is 5.02 Å². The van der Waals surface area contributed by atoms with Crippen LogP contribution in [-0.4, -0.2) is 11.7 Å². The number of rotatable bonds is 5. The van der Waals surface area contributed by atoms with E-state index in [2.05, 4.69) is 0 Å². The minimum Gasteiger partial charge on any atom is -0.396 e. The molecule has 0 amide bonds. The lowest BCUT2D eigenvalue weighted by molar-refractivity contribution is 0.114. The second-order valence-corrected chi connectivity index (χ2v) is 4.66. The summed E-state index contributed by atoms with van der Waals surface area (Å²) in [4.78, 5) is 0. The van der Waals surface area contributed by atoms with Crippen LogP contribution in [0.5, 0.6) is 0 Å². The van der Waals surface area contributed by atoms with Gasteiger partial charge in [-0.1, -0.05) is 37.6 Å². The first-order valence-corrected chi connectivity index (χ1v) is 6.00. The van der Waals surface area contributed by atoms with Gasteiger partial charge in [0.05, 0.1) is 5.02 Å². The monoisotopic (exact) mass is 244 g/mol. The molecule has 0 saturated carbocycles. The maximum atomic E-state index is 13.7. The van der Waals surface area contributed by atoms with Crippen molar-refractivity contribution in [2.24, 2.45) is 5.41 Å². The first kappa shape index (κ1) is 13.5. The van der Waals surface area contributed by atoms with Gasteiger partial charge in [-0.3, -0.25) is 0 Å².